The van der Waals surface area contributed by atoms with E-state index in [4.69, 9.17) is 23.7 Å². The second-order valence-corrected chi connectivity index (χ2v) is 12.4. The lowest BCUT2D eigenvalue weighted by molar-refractivity contribution is -0.278. The highest BCUT2D eigenvalue weighted by Crippen LogP contribution is 2.80. The summed E-state index contributed by atoms with van der Waals surface area (Å²) in [7, 11) is 7.45. The highest BCUT2D eigenvalue weighted by molar-refractivity contribution is 5.66. The lowest BCUT2D eigenvalue weighted by Crippen LogP contribution is -2.76. The van der Waals surface area contributed by atoms with Gasteiger partial charge in [-0.05, 0) is 37.1 Å². The Bertz CT molecular complexity index is 853. The molecule has 0 aromatic rings. The Balaban J connectivity index is 1.66. The summed E-state index contributed by atoms with van der Waals surface area (Å²) in [6.07, 6.45) is 4.18. The van der Waals surface area contributed by atoms with Crippen LogP contribution in [0.15, 0.2) is 0 Å². The largest absolute Gasteiger partial charge is 0.462 e. The third kappa shape index (κ3) is 2.44. The SMILES string of the molecule is CCN1C[C@]2(C)CCC(OC)[C@@]34[C@@H]5C[C@H]6[C@H](OC)[C@@H]5[C@](OC)(C[C@@H]6OC)[C@@H]([C@@H](OC(C)=O)[C@H]23)[C@@H]14. The molecule has 0 amide bonds. The van der Waals surface area contributed by atoms with Gasteiger partial charge >= 0.3 is 5.97 Å². The Hall–Kier alpha value is -0.730. The third-order valence-corrected chi connectivity index (χ3v) is 11.8. The van der Waals surface area contributed by atoms with Crippen molar-refractivity contribution < 1.29 is 28.5 Å². The molecule has 6 rings (SSSR count). The van der Waals surface area contributed by atoms with E-state index in [0.29, 0.717) is 11.8 Å². The number of esters is 1. The highest BCUT2D eigenvalue weighted by atomic mass is 16.6. The van der Waals surface area contributed by atoms with Crippen LogP contribution in [0.3, 0.4) is 0 Å². The molecule has 6 fully saturated rings. The first-order chi connectivity index (χ1) is 16.3. The summed E-state index contributed by atoms with van der Waals surface area (Å²) >= 11 is 0. The molecule has 34 heavy (non-hydrogen) atoms. The topological polar surface area (TPSA) is 66.5 Å². The smallest absolute Gasteiger partial charge is 0.302 e. The molecule has 0 aromatic carbocycles. The first kappa shape index (κ1) is 23.7. The molecule has 1 spiro atoms. The van der Waals surface area contributed by atoms with Crippen LogP contribution in [0.2, 0.25) is 0 Å². The van der Waals surface area contributed by atoms with E-state index in [0.717, 1.165) is 38.8 Å². The molecule has 7 bridgehead atoms. The molecular weight excluding hydrogens is 434 g/mol. The molecule has 7 nitrogen and oxygen atoms in total. The monoisotopic (exact) mass is 477 g/mol. The van der Waals surface area contributed by atoms with Crippen LogP contribution in [0.4, 0.5) is 0 Å². The summed E-state index contributed by atoms with van der Waals surface area (Å²) in [6, 6.07) is 0.262. The zero-order valence-corrected chi connectivity index (χ0v) is 21.9. The zero-order valence-electron chi connectivity index (χ0n) is 21.9. The van der Waals surface area contributed by atoms with Gasteiger partial charge in [-0.15, -0.1) is 0 Å². The third-order valence-electron chi connectivity index (χ3n) is 11.8. The van der Waals surface area contributed by atoms with Crippen molar-refractivity contribution in [1.82, 2.24) is 4.90 Å². The van der Waals surface area contributed by atoms with Gasteiger partial charge in [0, 0.05) is 83.5 Å². The van der Waals surface area contributed by atoms with Crippen molar-refractivity contribution in [3.05, 3.63) is 0 Å². The predicted octanol–water partition coefficient (Wildman–Crippen LogP) is 2.75. The number of rotatable bonds is 6. The first-order valence-electron chi connectivity index (χ1n) is 13.3. The number of ether oxygens (including phenoxy) is 5. The quantitative estimate of drug-likeness (QED) is 0.545. The van der Waals surface area contributed by atoms with Gasteiger partial charge in [-0.1, -0.05) is 13.8 Å². The highest BCUT2D eigenvalue weighted by Gasteiger charge is 2.87. The van der Waals surface area contributed by atoms with Gasteiger partial charge in [0.05, 0.1) is 23.9 Å². The summed E-state index contributed by atoms with van der Waals surface area (Å²) in [4.78, 5) is 15.3. The van der Waals surface area contributed by atoms with Crippen molar-refractivity contribution in [3.63, 3.8) is 0 Å². The molecule has 192 valence electrons. The summed E-state index contributed by atoms with van der Waals surface area (Å²) in [5.74, 6) is 1.14. The number of piperidine rings is 1. The number of fused-ring (bicyclic) bond motifs is 2. The van der Waals surface area contributed by atoms with Crippen LogP contribution < -0.4 is 0 Å². The van der Waals surface area contributed by atoms with Crippen molar-refractivity contribution in [2.75, 3.05) is 41.5 Å². The van der Waals surface area contributed by atoms with Gasteiger partial charge in [0.2, 0.25) is 0 Å². The molecular formula is C27H43NO6. The normalized spacial score (nSPS) is 57.0. The summed E-state index contributed by atoms with van der Waals surface area (Å²) < 4.78 is 32.0. The Labute approximate surface area is 204 Å². The van der Waals surface area contributed by atoms with Crippen LogP contribution in [0, 0.1) is 40.4 Å². The molecule has 1 unspecified atom stereocenters. The second kappa shape index (κ2) is 7.64. The van der Waals surface area contributed by atoms with Crippen LogP contribution in [0.1, 0.15) is 46.5 Å². The number of likely N-dealkylation sites (tertiary alicyclic amines) is 1. The Morgan fingerprint density at radius 1 is 1.06 bits per heavy atom. The Kier molecular flexibility index (Phi) is 5.31. The molecule has 13 atom stereocenters. The zero-order chi connectivity index (χ0) is 24.2. The number of methoxy groups -OCH3 is 4. The molecule has 5 saturated carbocycles. The average Bonchev–Trinajstić information content (AvgIpc) is 3.25. The Morgan fingerprint density at radius 2 is 1.82 bits per heavy atom. The minimum absolute atomic E-state index is 0.0690. The van der Waals surface area contributed by atoms with Gasteiger partial charge < -0.3 is 23.7 Å². The lowest BCUT2D eigenvalue weighted by Gasteiger charge is -2.69. The van der Waals surface area contributed by atoms with Crippen LogP contribution in [0.5, 0.6) is 0 Å². The maximum Gasteiger partial charge on any atom is 0.302 e. The van der Waals surface area contributed by atoms with Crippen molar-refractivity contribution in [1.29, 1.82) is 0 Å². The number of carbonyl (C=O) groups is 1. The maximum atomic E-state index is 12.6. The molecule has 0 aromatic heterocycles. The fraction of sp³-hybridized carbons (Fsp3) is 0.963. The van der Waals surface area contributed by atoms with Gasteiger partial charge in [0.25, 0.3) is 0 Å². The molecule has 5 aliphatic carbocycles. The van der Waals surface area contributed by atoms with Crippen molar-refractivity contribution in [3.8, 4) is 0 Å². The second-order valence-electron chi connectivity index (χ2n) is 12.4. The van der Waals surface area contributed by atoms with E-state index in [-0.39, 0.29) is 65.0 Å². The molecule has 7 heteroatoms. The van der Waals surface area contributed by atoms with Gasteiger partial charge in [-0.3, -0.25) is 9.69 Å². The number of hydrogen-bond acceptors (Lipinski definition) is 7. The number of carbonyl (C=O) groups excluding carboxylic acids is 1. The van der Waals surface area contributed by atoms with E-state index >= 15 is 0 Å². The van der Waals surface area contributed by atoms with Gasteiger partial charge in [-0.2, -0.15) is 0 Å². The summed E-state index contributed by atoms with van der Waals surface area (Å²) in [5.41, 5.74) is -0.462. The lowest BCUT2D eigenvalue weighted by atomic mass is 9.43. The van der Waals surface area contributed by atoms with Crippen molar-refractivity contribution in [2.45, 2.75) is 82.5 Å². The van der Waals surface area contributed by atoms with E-state index in [1.165, 1.54) is 0 Å². The van der Waals surface area contributed by atoms with Crippen molar-refractivity contribution in [2.24, 2.45) is 40.4 Å². The van der Waals surface area contributed by atoms with E-state index < -0.39 is 5.60 Å². The average molecular weight is 478 g/mol. The Morgan fingerprint density at radius 3 is 2.41 bits per heavy atom. The predicted molar refractivity (Wildman–Crippen MR) is 125 cm³/mol. The van der Waals surface area contributed by atoms with Crippen molar-refractivity contribution >= 4 is 5.97 Å². The fourth-order valence-corrected chi connectivity index (χ4v) is 11.4. The minimum Gasteiger partial charge on any atom is -0.462 e. The van der Waals surface area contributed by atoms with Gasteiger partial charge in [0.1, 0.15) is 6.10 Å². The molecule has 1 aliphatic heterocycles. The van der Waals surface area contributed by atoms with E-state index in [9.17, 15) is 4.79 Å². The first-order valence-corrected chi connectivity index (χ1v) is 13.3. The standard InChI is InChI=1S/C27H43NO6/c1-8-28-13-25(3)10-9-18(31-5)27-16-11-15-17(30-4)12-26(33-7,19(16)21(15)32-6)20(24(27)28)22(23(25)27)34-14(2)29/h15-24H,8-13H2,1-7H3/t15-,16-,17+,18?,19-,20+,21+,22-,23-,24-,25+,26-,27+/m1/s1. The summed E-state index contributed by atoms with van der Waals surface area (Å²) in [6.45, 7) is 8.34. The van der Waals surface area contributed by atoms with Crippen LogP contribution in [-0.4, -0.2) is 88.5 Å². The minimum atomic E-state index is -0.455. The van der Waals surface area contributed by atoms with Crippen LogP contribution >= 0.6 is 0 Å². The van der Waals surface area contributed by atoms with E-state index in [1.54, 1.807) is 6.92 Å². The van der Waals surface area contributed by atoms with Crippen LogP contribution in [-0.2, 0) is 28.5 Å². The summed E-state index contributed by atoms with van der Waals surface area (Å²) in [5, 5.41) is 0. The molecule has 0 radical (unpaired) electrons. The molecule has 1 saturated heterocycles. The van der Waals surface area contributed by atoms with Gasteiger partial charge in [-0.25, -0.2) is 0 Å². The molecule has 6 aliphatic rings. The number of hydrogen-bond donors (Lipinski definition) is 0. The van der Waals surface area contributed by atoms with Gasteiger partial charge in [0.15, 0.2) is 0 Å². The molecule has 1 heterocycles. The van der Waals surface area contributed by atoms with Crippen LogP contribution in [0.25, 0.3) is 0 Å². The molecule has 0 N–H and O–H groups in total. The van der Waals surface area contributed by atoms with E-state index in [2.05, 4.69) is 18.7 Å². The number of nitrogens with zero attached hydrogens (tertiary/aromatic N) is 1. The van der Waals surface area contributed by atoms with E-state index in [1.807, 2.05) is 28.4 Å². The maximum absolute atomic E-state index is 12.6. The fourth-order valence-electron chi connectivity index (χ4n) is 11.4.